The Hall–Kier alpha value is -0.269. The molecule has 4 nitrogen and oxygen atoms in total. The minimum atomic E-state index is -1.05. The molecular formula is C9H11BaNO3. The van der Waals surface area contributed by atoms with Crippen LogP contribution in [0.4, 0.5) is 0 Å². The fraction of sp³-hybridized carbons (Fsp3) is 0.111. The standard InChI is InChI=1S/C9H9NO3.Ba.2H/c11-8(12)6-10-9(13)7-4-2-1-3-5-7;;;/h1-5H,6H2,(H,10,13)(H,11,12);;;/q;+2;2*-1. The summed E-state index contributed by atoms with van der Waals surface area (Å²) in [5, 5.41) is 10.6. The molecule has 0 aliphatic heterocycles. The van der Waals surface area contributed by atoms with E-state index in [1.165, 1.54) is 0 Å². The number of aliphatic carboxylic acids is 1. The first-order valence-electron chi connectivity index (χ1n) is 3.75. The monoisotopic (exact) mass is 319 g/mol. The number of rotatable bonds is 3. The van der Waals surface area contributed by atoms with E-state index < -0.39 is 5.97 Å². The molecule has 0 atom stereocenters. The first-order valence-corrected chi connectivity index (χ1v) is 3.75. The molecule has 0 aliphatic rings. The molecule has 14 heavy (non-hydrogen) atoms. The molecule has 0 fully saturated rings. The summed E-state index contributed by atoms with van der Waals surface area (Å²) in [4.78, 5) is 21.3. The second-order valence-corrected chi connectivity index (χ2v) is 2.44. The van der Waals surface area contributed by atoms with E-state index in [-0.39, 0.29) is 64.2 Å². The maximum Gasteiger partial charge on any atom is 2.00 e. The van der Waals surface area contributed by atoms with Crippen molar-refractivity contribution < 1.29 is 17.5 Å². The van der Waals surface area contributed by atoms with Gasteiger partial charge < -0.3 is 13.3 Å². The van der Waals surface area contributed by atoms with Crippen LogP contribution in [0.2, 0.25) is 0 Å². The zero-order valence-corrected chi connectivity index (χ0v) is 12.0. The van der Waals surface area contributed by atoms with Crippen molar-refractivity contribution in [1.82, 2.24) is 5.32 Å². The van der Waals surface area contributed by atoms with Gasteiger partial charge in [-0.3, -0.25) is 9.59 Å². The number of benzene rings is 1. The molecule has 0 saturated heterocycles. The Morgan fingerprint density at radius 1 is 1.29 bits per heavy atom. The second-order valence-electron chi connectivity index (χ2n) is 2.44. The number of nitrogens with one attached hydrogen (secondary N) is 1. The Bertz CT molecular complexity index is 322. The van der Waals surface area contributed by atoms with Crippen LogP contribution in [0.15, 0.2) is 30.3 Å². The number of carboxylic acid groups (broad SMARTS) is 1. The van der Waals surface area contributed by atoms with Gasteiger partial charge in [-0.1, -0.05) is 18.2 Å². The number of hydrogen-bond donors (Lipinski definition) is 2. The largest absolute Gasteiger partial charge is 2.00 e. The Balaban J connectivity index is -0.000000563. The molecule has 1 aromatic rings. The predicted octanol–water partition coefficient (Wildman–Crippen LogP) is 0.345. The van der Waals surface area contributed by atoms with E-state index in [4.69, 9.17) is 5.11 Å². The third-order valence-electron chi connectivity index (χ3n) is 1.44. The van der Waals surface area contributed by atoms with Gasteiger partial charge in [-0.2, -0.15) is 0 Å². The molecule has 1 rings (SSSR count). The van der Waals surface area contributed by atoms with Gasteiger partial charge in [0.2, 0.25) is 0 Å². The van der Waals surface area contributed by atoms with E-state index in [9.17, 15) is 9.59 Å². The third-order valence-corrected chi connectivity index (χ3v) is 1.44. The fourth-order valence-corrected chi connectivity index (χ4v) is 0.847. The normalized spacial score (nSPS) is 8.57. The maximum absolute atomic E-state index is 11.2. The van der Waals surface area contributed by atoms with Crippen LogP contribution in [0.1, 0.15) is 13.2 Å². The third kappa shape index (κ3) is 4.83. The van der Waals surface area contributed by atoms with Crippen LogP contribution in [-0.4, -0.2) is 72.4 Å². The van der Waals surface area contributed by atoms with E-state index in [2.05, 4.69) is 5.32 Å². The molecule has 0 unspecified atom stereocenters. The van der Waals surface area contributed by atoms with Crippen LogP contribution in [0, 0.1) is 0 Å². The fourth-order valence-electron chi connectivity index (χ4n) is 0.847. The average Bonchev–Trinajstić information content (AvgIpc) is 2.15. The molecule has 1 aromatic carbocycles. The summed E-state index contributed by atoms with van der Waals surface area (Å²) in [7, 11) is 0. The van der Waals surface area contributed by atoms with Crippen LogP contribution < -0.4 is 5.32 Å². The zero-order chi connectivity index (χ0) is 9.68. The molecule has 0 aromatic heterocycles. The molecule has 0 radical (unpaired) electrons. The van der Waals surface area contributed by atoms with Crippen molar-refractivity contribution in [2.45, 2.75) is 0 Å². The molecule has 0 bridgehead atoms. The predicted molar refractivity (Wildman–Crippen MR) is 54.4 cm³/mol. The Kier molecular flexibility index (Phi) is 6.94. The van der Waals surface area contributed by atoms with Gasteiger partial charge in [0.1, 0.15) is 6.54 Å². The van der Waals surface area contributed by atoms with Gasteiger partial charge in [0, 0.05) is 5.56 Å². The van der Waals surface area contributed by atoms with E-state index in [0.717, 1.165) is 0 Å². The number of carboxylic acids is 1. The number of hydrogen-bond acceptors (Lipinski definition) is 2. The number of carbonyl (C=O) groups excluding carboxylic acids is 1. The van der Waals surface area contributed by atoms with Gasteiger partial charge in [0.25, 0.3) is 5.91 Å². The van der Waals surface area contributed by atoms with Crippen molar-refractivity contribution in [3.05, 3.63) is 35.9 Å². The molecule has 72 valence electrons. The minimum Gasteiger partial charge on any atom is -1.00 e. The van der Waals surface area contributed by atoms with Crippen LogP contribution in [0.3, 0.4) is 0 Å². The number of carbonyl (C=O) groups is 2. The van der Waals surface area contributed by atoms with Gasteiger partial charge in [0.15, 0.2) is 0 Å². The minimum absolute atomic E-state index is 0. The Labute approximate surface area is 125 Å². The van der Waals surface area contributed by atoms with Gasteiger partial charge in [-0.25, -0.2) is 0 Å². The summed E-state index contributed by atoms with van der Waals surface area (Å²) in [6.45, 7) is -0.353. The van der Waals surface area contributed by atoms with Crippen molar-refractivity contribution in [1.29, 1.82) is 0 Å². The van der Waals surface area contributed by atoms with Crippen LogP contribution >= 0.6 is 0 Å². The summed E-state index contributed by atoms with van der Waals surface area (Å²) >= 11 is 0. The SMILES string of the molecule is O=C(O)CNC(=O)c1ccccc1.[Ba+2].[H-].[H-]. The summed E-state index contributed by atoms with van der Waals surface area (Å²) < 4.78 is 0. The van der Waals surface area contributed by atoms with Crippen LogP contribution in [-0.2, 0) is 4.79 Å². The zero-order valence-electron chi connectivity index (χ0n) is 9.56. The summed E-state index contributed by atoms with van der Waals surface area (Å²) in [6.07, 6.45) is 0. The van der Waals surface area contributed by atoms with E-state index in [0.29, 0.717) is 5.56 Å². The van der Waals surface area contributed by atoms with Crippen molar-refractivity contribution in [3.8, 4) is 0 Å². The maximum atomic E-state index is 11.2. The topological polar surface area (TPSA) is 66.4 Å². The van der Waals surface area contributed by atoms with Crippen molar-refractivity contribution >= 4 is 60.8 Å². The van der Waals surface area contributed by atoms with Gasteiger partial charge in [0.05, 0.1) is 0 Å². The Morgan fingerprint density at radius 3 is 2.36 bits per heavy atom. The number of amides is 1. The molecule has 1 amide bonds. The van der Waals surface area contributed by atoms with Gasteiger partial charge in [-0.15, -0.1) is 0 Å². The van der Waals surface area contributed by atoms with Crippen molar-refractivity contribution in [3.63, 3.8) is 0 Å². The quantitative estimate of drug-likeness (QED) is 0.790. The Morgan fingerprint density at radius 2 is 1.86 bits per heavy atom. The summed E-state index contributed by atoms with van der Waals surface area (Å²) in [5.74, 6) is -1.42. The van der Waals surface area contributed by atoms with Crippen LogP contribution in [0.5, 0.6) is 0 Å². The van der Waals surface area contributed by atoms with Crippen LogP contribution in [0.25, 0.3) is 0 Å². The summed E-state index contributed by atoms with van der Waals surface area (Å²) in [6, 6.07) is 8.47. The van der Waals surface area contributed by atoms with Crippen molar-refractivity contribution in [2.24, 2.45) is 0 Å². The smallest absolute Gasteiger partial charge is 1.00 e. The van der Waals surface area contributed by atoms with E-state index in [1.807, 2.05) is 0 Å². The van der Waals surface area contributed by atoms with Crippen molar-refractivity contribution in [2.75, 3.05) is 6.54 Å². The second kappa shape index (κ2) is 7.08. The molecule has 0 saturated carbocycles. The molecule has 0 spiro atoms. The average molecular weight is 319 g/mol. The first-order chi connectivity index (χ1) is 6.20. The van der Waals surface area contributed by atoms with E-state index in [1.54, 1.807) is 30.3 Å². The first kappa shape index (κ1) is 13.7. The van der Waals surface area contributed by atoms with Gasteiger partial charge in [-0.05, 0) is 12.1 Å². The molecule has 0 heterocycles. The molecular weight excluding hydrogens is 307 g/mol. The van der Waals surface area contributed by atoms with Gasteiger partial charge >= 0.3 is 54.9 Å². The van der Waals surface area contributed by atoms with E-state index >= 15 is 0 Å². The molecule has 5 heteroatoms. The molecule has 2 N–H and O–H groups in total. The molecule has 0 aliphatic carbocycles. The summed E-state index contributed by atoms with van der Waals surface area (Å²) in [5.41, 5.74) is 0.462.